The predicted octanol–water partition coefficient (Wildman–Crippen LogP) is 2.08. The Kier molecular flexibility index (Phi) is 3.44. The van der Waals surface area contributed by atoms with Gasteiger partial charge in [0.05, 0.1) is 11.7 Å². The molecule has 1 aliphatic heterocycles. The number of rotatable bonds is 3. The Labute approximate surface area is 138 Å². The van der Waals surface area contributed by atoms with Crippen LogP contribution in [-0.4, -0.2) is 42.4 Å². The fraction of sp³-hybridized carbons (Fsp3) is 0.375. The zero-order chi connectivity index (χ0) is 16.7. The normalized spacial score (nSPS) is 17.6. The summed E-state index contributed by atoms with van der Waals surface area (Å²) < 4.78 is 6.76. The van der Waals surface area contributed by atoms with Crippen LogP contribution in [0.25, 0.3) is 11.4 Å². The second kappa shape index (κ2) is 5.63. The maximum atomic E-state index is 12.9. The van der Waals surface area contributed by atoms with E-state index in [-0.39, 0.29) is 11.9 Å². The summed E-state index contributed by atoms with van der Waals surface area (Å²) in [5.74, 6) is -0.0761. The molecular formula is C16H18N6O2. The number of hydrogen-bond donors (Lipinski definition) is 1. The fourth-order valence-corrected chi connectivity index (χ4v) is 3.28. The van der Waals surface area contributed by atoms with Crippen LogP contribution >= 0.6 is 0 Å². The Hall–Kier alpha value is -2.90. The number of aromatic amines is 1. The van der Waals surface area contributed by atoms with Crippen LogP contribution in [0.4, 0.5) is 0 Å². The predicted molar refractivity (Wildman–Crippen MR) is 85.0 cm³/mol. The number of carbonyl (C=O) groups excluding carboxylic acids is 1. The van der Waals surface area contributed by atoms with Crippen LogP contribution in [0.5, 0.6) is 0 Å². The van der Waals surface area contributed by atoms with Crippen molar-refractivity contribution in [2.75, 3.05) is 6.54 Å². The third-order valence-corrected chi connectivity index (χ3v) is 4.53. The second-order valence-electron chi connectivity index (χ2n) is 6.06. The third-order valence-electron chi connectivity index (χ3n) is 4.53. The van der Waals surface area contributed by atoms with E-state index in [1.54, 1.807) is 6.07 Å². The van der Waals surface area contributed by atoms with Gasteiger partial charge in [-0.1, -0.05) is 10.3 Å². The van der Waals surface area contributed by atoms with Crippen molar-refractivity contribution in [1.82, 2.24) is 30.0 Å². The van der Waals surface area contributed by atoms with E-state index in [9.17, 15) is 4.79 Å². The number of aryl methyl sites for hydroxylation is 2. The molecule has 1 N–H and O–H groups in total. The van der Waals surface area contributed by atoms with Gasteiger partial charge in [0.2, 0.25) is 0 Å². The molecule has 1 aliphatic rings. The minimum Gasteiger partial charge on any atom is -0.349 e. The van der Waals surface area contributed by atoms with Crippen molar-refractivity contribution in [2.24, 2.45) is 7.05 Å². The smallest absolute Gasteiger partial charge is 0.272 e. The summed E-state index contributed by atoms with van der Waals surface area (Å²) in [6.07, 6.45) is 3.74. The molecule has 0 spiro atoms. The first-order valence-corrected chi connectivity index (χ1v) is 7.92. The van der Waals surface area contributed by atoms with Gasteiger partial charge in [0, 0.05) is 19.8 Å². The highest BCUT2D eigenvalue weighted by Gasteiger charge is 2.34. The van der Waals surface area contributed by atoms with Crippen molar-refractivity contribution in [1.29, 1.82) is 0 Å². The molecule has 3 aromatic rings. The lowest BCUT2D eigenvalue weighted by Crippen LogP contribution is -2.31. The van der Waals surface area contributed by atoms with Gasteiger partial charge in [-0.15, -0.1) is 0 Å². The molecule has 0 aliphatic carbocycles. The van der Waals surface area contributed by atoms with Crippen LogP contribution in [0.3, 0.4) is 0 Å². The van der Waals surface area contributed by atoms with Crippen LogP contribution in [-0.2, 0) is 7.05 Å². The van der Waals surface area contributed by atoms with Crippen LogP contribution in [0.2, 0.25) is 0 Å². The molecule has 0 aromatic carbocycles. The van der Waals surface area contributed by atoms with E-state index in [2.05, 4.69) is 20.5 Å². The summed E-state index contributed by atoms with van der Waals surface area (Å²) in [5.41, 5.74) is 3.66. The van der Waals surface area contributed by atoms with Gasteiger partial charge >= 0.3 is 0 Å². The van der Waals surface area contributed by atoms with E-state index >= 15 is 0 Å². The van der Waals surface area contributed by atoms with Gasteiger partial charge < -0.3 is 9.47 Å². The molecule has 0 radical (unpaired) electrons. The Morgan fingerprint density at radius 2 is 2.29 bits per heavy atom. The quantitative estimate of drug-likeness (QED) is 0.795. The lowest BCUT2D eigenvalue weighted by Gasteiger charge is -2.22. The highest BCUT2D eigenvalue weighted by Crippen LogP contribution is 2.33. The molecule has 1 saturated heterocycles. The molecule has 1 atom stereocenters. The zero-order valence-electron chi connectivity index (χ0n) is 13.6. The van der Waals surface area contributed by atoms with E-state index in [0.717, 1.165) is 35.6 Å². The Morgan fingerprint density at radius 1 is 1.42 bits per heavy atom. The first-order chi connectivity index (χ1) is 11.6. The maximum Gasteiger partial charge on any atom is 0.272 e. The standard InChI is InChI=1S/C16H18N6O2/c1-10-15(20-24-19-10)14-6-4-8-22(14)16(23)12-9-11(17-18-12)13-5-3-7-21(13)2/h3,5,7,9,14H,4,6,8H2,1-2H3,(H,17,18)/t14-/m1/s1. The number of H-pyrrole nitrogens is 1. The average Bonchev–Trinajstić information content (AvgIpc) is 3.32. The van der Waals surface area contributed by atoms with Crippen LogP contribution in [0.15, 0.2) is 29.0 Å². The molecule has 0 bridgehead atoms. The topological polar surface area (TPSA) is 92.8 Å². The summed E-state index contributed by atoms with van der Waals surface area (Å²) in [7, 11) is 1.95. The second-order valence-corrected chi connectivity index (χ2v) is 6.06. The summed E-state index contributed by atoms with van der Waals surface area (Å²) in [5, 5.41) is 14.9. The molecular weight excluding hydrogens is 308 g/mol. The number of likely N-dealkylation sites (tertiary alicyclic amines) is 1. The maximum absolute atomic E-state index is 12.9. The molecule has 24 heavy (non-hydrogen) atoms. The van der Waals surface area contributed by atoms with Crippen LogP contribution in [0, 0.1) is 6.92 Å². The number of nitrogens with one attached hydrogen (secondary N) is 1. The summed E-state index contributed by atoms with van der Waals surface area (Å²) in [6.45, 7) is 2.53. The molecule has 8 heteroatoms. The molecule has 1 fully saturated rings. The minimum absolute atomic E-state index is 0.0761. The van der Waals surface area contributed by atoms with Crippen LogP contribution in [0.1, 0.15) is 40.8 Å². The SMILES string of the molecule is Cc1nonc1[C@H]1CCCN1C(=O)c1cc(-c2cccn2C)n[nH]1. The molecule has 124 valence electrons. The van der Waals surface area contributed by atoms with Gasteiger partial charge in [-0.05, 0) is 38.0 Å². The van der Waals surface area contributed by atoms with Gasteiger partial charge in [-0.2, -0.15) is 5.10 Å². The zero-order valence-corrected chi connectivity index (χ0v) is 13.6. The molecule has 0 unspecified atom stereocenters. The van der Waals surface area contributed by atoms with Crippen molar-refractivity contribution in [3.8, 4) is 11.4 Å². The number of hydrogen-bond acceptors (Lipinski definition) is 5. The van der Waals surface area contributed by atoms with E-state index in [1.807, 2.05) is 41.8 Å². The van der Waals surface area contributed by atoms with Crippen molar-refractivity contribution in [2.45, 2.75) is 25.8 Å². The van der Waals surface area contributed by atoms with Crippen molar-refractivity contribution in [3.63, 3.8) is 0 Å². The van der Waals surface area contributed by atoms with Gasteiger partial charge in [-0.25, -0.2) is 4.63 Å². The van der Waals surface area contributed by atoms with E-state index in [0.29, 0.717) is 12.2 Å². The van der Waals surface area contributed by atoms with Crippen LogP contribution < -0.4 is 0 Å². The number of carbonyl (C=O) groups is 1. The molecule has 4 heterocycles. The summed E-state index contributed by atoms with van der Waals surface area (Å²) in [4.78, 5) is 14.7. The molecule has 0 saturated carbocycles. The lowest BCUT2D eigenvalue weighted by atomic mass is 10.1. The number of nitrogens with zero attached hydrogens (tertiary/aromatic N) is 5. The Bertz CT molecular complexity index is 877. The van der Waals surface area contributed by atoms with Gasteiger partial charge in [0.15, 0.2) is 0 Å². The molecule has 1 amide bonds. The largest absolute Gasteiger partial charge is 0.349 e. The average molecular weight is 326 g/mol. The summed E-state index contributed by atoms with van der Waals surface area (Å²) in [6, 6.07) is 5.61. The molecule has 4 rings (SSSR count). The van der Waals surface area contributed by atoms with E-state index in [4.69, 9.17) is 4.63 Å². The highest BCUT2D eigenvalue weighted by molar-refractivity contribution is 5.93. The van der Waals surface area contributed by atoms with E-state index < -0.39 is 0 Å². The first kappa shape index (κ1) is 14.7. The first-order valence-electron chi connectivity index (χ1n) is 7.92. The van der Waals surface area contributed by atoms with Gasteiger partial charge in [0.1, 0.15) is 22.8 Å². The number of amides is 1. The molecule has 8 nitrogen and oxygen atoms in total. The van der Waals surface area contributed by atoms with Crippen molar-refractivity contribution in [3.05, 3.63) is 41.5 Å². The minimum atomic E-state index is -0.0921. The number of aromatic nitrogens is 5. The third kappa shape index (κ3) is 2.31. The van der Waals surface area contributed by atoms with Gasteiger partial charge in [0.25, 0.3) is 5.91 Å². The summed E-state index contributed by atoms with van der Waals surface area (Å²) >= 11 is 0. The fourth-order valence-electron chi connectivity index (χ4n) is 3.28. The highest BCUT2D eigenvalue weighted by atomic mass is 16.6. The van der Waals surface area contributed by atoms with E-state index in [1.165, 1.54) is 0 Å². The van der Waals surface area contributed by atoms with Gasteiger partial charge in [-0.3, -0.25) is 9.89 Å². The van der Waals surface area contributed by atoms with Crippen molar-refractivity contribution >= 4 is 5.91 Å². The monoisotopic (exact) mass is 326 g/mol. The van der Waals surface area contributed by atoms with Crippen molar-refractivity contribution < 1.29 is 9.42 Å². The Morgan fingerprint density at radius 3 is 3.00 bits per heavy atom. The Balaban J connectivity index is 1.61. The lowest BCUT2D eigenvalue weighted by molar-refractivity contribution is 0.0724. The molecule has 3 aromatic heterocycles.